The highest BCUT2D eigenvalue weighted by molar-refractivity contribution is 7.99. The Bertz CT molecular complexity index is 827. The summed E-state index contributed by atoms with van der Waals surface area (Å²) in [5.41, 5.74) is 0.616. The second-order valence-electron chi connectivity index (χ2n) is 4.84. The fourth-order valence-electron chi connectivity index (χ4n) is 1.95. The quantitative estimate of drug-likeness (QED) is 0.516. The SMILES string of the molecule is CCCc1cc(=O)[nH]c(S[C@@H](C)c2nc(-c3ncn[nH]3)no2)n1. The van der Waals surface area contributed by atoms with E-state index in [0.29, 0.717) is 22.7 Å². The van der Waals surface area contributed by atoms with E-state index < -0.39 is 0 Å². The van der Waals surface area contributed by atoms with Gasteiger partial charge in [0, 0.05) is 11.8 Å². The van der Waals surface area contributed by atoms with Crippen molar-refractivity contribution >= 4 is 11.8 Å². The number of nitrogens with one attached hydrogen (secondary N) is 2. The van der Waals surface area contributed by atoms with Crippen molar-refractivity contribution in [3.05, 3.63) is 34.3 Å². The zero-order valence-electron chi connectivity index (χ0n) is 12.6. The van der Waals surface area contributed by atoms with Crippen molar-refractivity contribution < 1.29 is 4.52 Å². The normalized spacial score (nSPS) is 12.4. The third-order valence-electron chi connectivity index (χ3n) is 2.98. The highest BCUT2D eigenvalue weighted by atomic mass is 32.2. The molecule has 0 saturated carbocycles. The van der Waals surface area contributed by atoms with E-state index >= 15 is 0 Å². The predicted octanol–water partition coefficient (Wildman–Crippen LogP) is 1.74. The molecule has 3 aromatic rings. The number of hydrogen-bond acceptors (Lipinski definition) is 8. The number of rotatable bonds is 6. The van der Waals surface area contributed by atoms with Gasteiger partial charge in [0.05, 0.1) is 5.25 Å². The highest BCUT2D eigenvalue weighted by Gasteiger charge is 2.19. The maximum atomic E-state index is 11.7. The Morgan fingerprint density at radius 2 is 2.26 bits per heavy atom. The number of H-pyrrole nitrogens is 2. The van der Waals surface area contributed by atoms with Crippen LogP contribution in [0.3, 0.4) is 0 Å². The van der Waals surface area contributed by atoms with Gasteiger partial charge in [-0.2, -0.15) is 10.1 Å². The van der Waals surface area contributed by atoms with Crippen LogP contribution in [-0.4, -0.2) is 35.3 Å². The van der Waals surface area contributed by atoms with E-state index in [0.717, 1.165) is 18.5 Å². The summed E-state index contributed by atoms with van der Waals surface area (Å²) in [6, 6.07) is 1.52. The van der Waals surface area contributed by atoms with E-state index in [4.69, 9.17) is 4.52 Å². The van der Waals surface area contributed by atoms with Crippen molar-refractivity contribution in [2.45, 2.75) is 37.1 Å². The van der Waals surface area contributed by atoms with Gasteiger partial charge < -0.3 is 9.51 Å². The van der Waals surface area contributed by atoms with Crippen LogP contribution in [0.4, 0.5) is 0 Å². The molecule has 0 unspecified atom stereocenters. The Morgan fingerprint density at radius 3 is 3.00 bits per heavy atom. The lowest BCUT2D eigenvalue weighted by Gasteiger charge is -2.06. The summed E-state index contributed by atoms with van der Waals surface area (Å²) < 4.78 is 5.24. The number of aromatic nitrogens is 7. The molecule has 3 aromatic heterocycles. The molecule has 0 spiro atoms. The molecule has 10 heteroatoms. The molecule has 0 bridgehead atoms. The van der Waals surface area contributed by atoms with E-state index in [-0.39, 0.29) is 10.8 Å². The van der Waals surface area contributed by atoms with Crippen molar-refractivity contribution in [1.82, 2.24) is 35.3 Å². The summed E-state index contributed by atoms with van der Waals surface area (Å²) in [7, 11) is 0. The van der Waals surface area contributed by atoms with Crippen LogP contribution < -0.4 is 5.56 Å². The van der Waals surface area contributed by atoms with Crippen molar-refractivity contribution in [2.24, 2.45) is 0 Å². The average Bonchev–Trinajstić information content (AvgIpc) is 3.18. The molecule has 9 nitrogen and oxygen atoms in total. The van der Waals surface area contributed by atoms with Gasteiger partial charge in [-0.05, 0) is 13.3 Å². The molecule has 0 fully saturated rings. The zero-order chi connectivity index (χ0) is 16.2. The Balaban J connectivity index is 1.77. The summed E-state index contributed by atoms with van der Waals surface area (Å²) >= 11 is 1.35. The van der Waals surface area contributed by atoms with Crippen LogP contribution in [0.15, 0.2) is 26.9 Å². The van der Waals surface area contributed by atoms with Crippen molar-refractivity contribution in [1.29, 1.82) is 0 Å². The molecule has 23 heavy (non-hydrogen) atoms. The zero-order valence-corrected chi connectivity index (χ0v) is 13.4. The summed E-state index contributed by atoms with van der Waals surface area (Å²) in [6.45, 7) is 3.94. The van der Waals surface area contributed by atoms with Gasteiger partial charge in [0.1, 0.15) is 6.33 Å². The lowest BCUT2D eigenvalue weighted by atomic mass is 10.2. The maximum absolute atomic E-state index is 11.7. The van der Waals surface area contributed by atoms with Crippen LogP contribution in [-0.2, 0) is 6.42 Å². The molecule has 0 aliphatic carbocycles. The minimum atomic E-state index is -0.167. The molecule has 0 amide bonds. The van der Waals surface area contributed by atoms with E-state index in [1.54, 1.807) is 0 Å². The smallest absolute Gasteiger partial charge is 0.251 e. The molecule has 120 valence electrons. The first-order chi connectivity index (χ1) is 11.2. The maximum Gasteiger partial charge on any atom is 0.251 e. The molecular formula is C13H15N7O2S. The van der Waals surface area contributed by atoms with Crippen molar-refractivity contribution in [3.8, 4) is 11.6 Å². The van der Waals surface area contributed by atoms with Gasteiger partial charge in [0.25, 0.3) is 5.56 Å². The lowest BCUT2D eigenvalue weighted by molar-refractivity contribution is 0.380. The van der Waals surface area contributed by atoms with Gasteiger partial charge in [-0.15, -0.1) is 0 Å². The summed E-state index contributed by atoms with van der Waals surface area (Å²) in [5.74, 6) is 1.20. The van der Waals surface area contributed by atoms with Crippen LogP contribution in [0.2, 0.25) is 0 Å². The number of thioether (sulfide) groups is 1. The second kappa shape index (κ2) is 6.73. The topological polar surface area (TPSA) is 126 Å². The third-order valence-corrected chi connectivity index (χ3v) is 3.96. The fourth-order valence-corrected chi connectivity index (χ4v) is 2.81. The molecular weight excluding hydrogens is 318 g/mol. The molecule has 0 aromatic carbocycles. The number of hydrogen-bond donors (Lipinski definition) is 2. The molecule has 3 heterocycles. The molecule has 3 rings (SSSR count). The van der Waals surface area contributed by atoms with Gasteiger partial charge in [-0.1, -0.05) is 30.3 Å². The largest absolute Gasteiger partial charge is 0.338 e. The first kappa shape index (κ1) is 15.4. The Hall–Kier alpha value is -2.49. The van der Waals surface area contributed by atoms with Crippen molar-refractivity contribution in [2.75, 3.05) is 0 Å². The molecule has 0 radical (unpaired) electrons. The molecule has 1 atom stereocenters. The second-order valence-corrected chi connectivity index (χ2v) is 6.17. The molecule has 0 aliphatic rings. The third kappa shape index (κ3) is 3.65. The Kier molecular flexibility index (Phi) is 4.51. The summed E-state index contributed by atoms with van der Waals surface area (Å²) in [4.78, 5) is 27.1. The van der Waals surface area contributed by atoms with Crippen LogP contribution >= 0.6 is 11.8 Å². The van der Waals surface area contributed by atoms with Gasteiger partial charge >= 0.3 is 0 Å². The fraction of sp³-hybridized carbons (Fsp3) is 0.385. The van der Waals surface area contributed by atoms with Crippen LogP contribution in [0.1, 0.15) is 37.1 Å². The Morgan fingerprint density at radius 1 is 1.39 bits per heavy atom. The predicted molar refractivity (Wildman–Crippen MR) is 82.8 cm³/mol. The van der Waals surface area contributed by atoms with E-state index in [9.17, 15) is 4.79 Å². The van der Waals surface area contributed by atoms with E-state index in [1.165, 1.54) is 24.2 Å². The van der Waals surface area contributed by atoms with Crippen LogP contribution in [0.25, 0.3) is 11.6 Å². The number of aryl methyl sites for hydroxylation is 1. The standard InChI is InChI=1S/C13H15N7O2S/c1-3-4-8-5-9(21)17-13(16-8)23-7(2)12-18-11(20-22-12)10-14-6-15-19-10/h5-7H,3-4H2,1-2H3,(H,14,15,19)(H,16,17,21)/t7-/m0/s1. The number of nitrogens with zero attached hydrogens (tertiary/aromatic N) is 5. The van der Waals surface area contributed by atoms with E-state index in [1.807, 2.05) is 13.8 Å². The van der Waals surface area contributed by atoms with E-state index in [2.05, 4.69) is 35.3 Å². The minimum absolute atomic E-state index is 0.161. The number of aromatic amines is 2. The van der Waals surface area contributed by atoms with Gasteiger partial charge in [-0.25, -0.2) is 9.97 Å². The average molecular weight is 333 g/mol. The first-order valence-electron chi connectivity index (χ1n) is 7.12. The van der Waals surface area contributed by atoms with Crippen LogP contribution in [0.5, 0.6) is 0 Å². The monoisotopic (exact) mass is 333 g/mol. The Labute approximate surface area is 135 Å². The highest BCUT2D eigenvalue weighted by Crippen LogP contribution is 2.31. The molecule has 0 aliphatic heterocycles. The first-order valence-corrected chi connectivity index (χ1v) is 8.00. The summed E-state index contributed by atoms with van der Waals surface area (Å²) in [6.07, 6.45) is 3.07. The van der Waals surface area contributed by atoms with Gasteiger partial charge in [0.2, 0.25) is 11.7 Å². The summed E-state index contributed by atoms with van der Waals surface area (Å²) in [5, 5.41) is 10.6. The van der Waals surface area contributed by atoms with Crippen molar-refractivity contribution in [3.63, 3.8) is 0 Å². The lowest BCUT2D eigenvalue weighted by Crippen LogP contribution is -2.10. The van der Waals surface area contributed by atoms with Crippen LogP contribution in [0, 0.1) is 0 Å². The van der Waals surface area contributed by atoms with Gasteiger partial charge in [0.15, 0.2) is 11.0 Å². The minimum Gasteiger partial charge on any atom is -0.338 e. The molecule has 2 N–H and O–H groups in total. The molecule has 0 saturated heterocycles. The van der Waals surface area contributed by atoms with Gasteiger partial charge in [-0.3, -0.25) is 9.89 Å².